The van der Waals surface area contributed by atoms with Crippen molar-refractivity contribution in [3.63, 3.8) is 0 Å². The molecule has 7 heteroatoms. The molecule has 0 heterocycles. The first-order valence-electron chi connectivity index (χ1n) is 7.86. The van der Waals surface area contributed by atoms with Crippen molar-refractivity contribution in [1.82, 2.24) is 0 Å². The van der Waals surface area contributed by atoms with Crippen molar-refractivity contribution < 1.29 is 17.9 Å². The molecule has 0 atom stereocenters. The number of hydrogen-bond donors (Lipinski definition) is 1. The van der Waals surface area contributed by atoms with Crippen LogP contribution in [0, 0.1) is 6.92 Å². The van der Waals surface area contributed by atoms with Crippen LogP contribution in [0.5, 0.6) is 5.75 Å². The molecule has 134 valence electrons. The van der Waals surface area contributed by atoms with E-state index in [1.54, 1.807) is 31.2 Å². The van der Waals surface area contributed by atoms with Crippen LogP contribution in [0.4, 0.5) is 11.4 Å². The molecule has 2 rings (SSSR count). The third-order valence-electron chi connectivity index (χ3n) is 3.48. The van der Waals surface area contributed by atoms with Crippen LogP contribution in [-0.2, 0) is 14.8 Å². The van der Waals surface area contributed by atoms with Gasteiger partial charge in [-0.25, -0.2) is 8.42 Å². The highest BCUT2D eigenvalue weighted by atomic mass is 32.2. The number of aryl methyl sites for hydroxylation is 1. The van der Waals surface area contributed by atoms with Crippen LogP contribution in [0.25, 0.3) is 0 Å². The maximum absolute atomic E-state index is 11.9. The van der Waals surface area contributed by atoms with E-state index in [2.05, 4.69) is 5.32 Å². The van der Waals surface area contributed by atoms with E-state index in [1.165, 1.54) is 4.31 Å². The zero-order valence-electron chi connectivity index (χ0n) is 14.5. The highest BCUT2D eigenvalue weighted by Crippen LogP contribution is 2.21. The minimum absolute atomic E-state index is 0.128. The van der Waals surface area contributed by atoms with Gasteiger partial charge in [0.2, 0.25) is 10.0 Å². The summed E-state index contributed by atoms with van der Waals surface area (Å²) in [6.07, 6.45) is 1.16. The third kappa shape index (κ3) is 5.49. The lowest BCUT2D eigenvalue weighted by Gasteiger charge is -2.20. The van der Waals surface area contributed by atoms with Gasteiger partial charge in [0.1, 0.15) is 5.75 Å². The molecule has 0 bridgehead atoms. The van der Waals surface area contributed by atoms with Gasteiger partial charge >= 0.3 is 0 Å². The number of amides is 1. The lowest BCUT2D eigenvalue weighted by atomic mass is 10.2. The molecule has 0 fully saturated rings. The van der Waals surface area contributed by atoms with Gasteiger partial charge in [0.05, 0.1) is 11.9 Å². The Bertz CT molecular complexity index is 832. The Hall–Kier alpha value is -2.54. The van der Waals surface area contributed by atoms with E-state index in [0.29, 0.717) is 18.0 Å². The van der Waals surface area contributed by atoms with Crippen LogP contribution < -0.4 is 14.4 Å². The number of hydrogen-bond acceptors (Lipinski definition) is 4. The van der Waals surface area contributed by atoms with E-state index >= 15 is 0 Å². The van der Waals surface area contributed by atoms with Crippen LogP contribution >= 0.6 is 0 Å². The summed E-state index contributed by atoms with van der Waals surface area (Å²) in [5.41, 5.74) is 2.33. The molecular weight excluding hydrogens is 340 g/mol. The van der Waals surface area contributed by atoms with Gasteiger partial charge in [0.15, 0.2) is 6.61 Å². The average molecular weight is 362 g/mol. The van der Waals surface area contributed by atoms with Crippen molar-refractivity contribution in [1.29, 1.82) is 0 Å². The topological polar surface area (TPSA) is 75.7 Å². The maximum atomic E-state index is 11.9. The molecule has 1 N–H and O–H groups in total. The van der Waals surface area contributed by atoms with E-state index < -0.39 is 10.0 Å². The van der Waals surface area contributed by atoms with Crippen LogP contribution in [0.15, 0.2) is 48.5 Å². The third-order valence-corrected chi connectivity index (χ3v) is 4.75. The number of nitrogens with zero attached hydrogens (tertiary/aromatic N) is 1. The Labute approximate surface area is 148 Å². The Balaban J connectivity index is 1.94. The van der Waals surface area contributed by atoms with Crippen LogP contribution in [0.2, 0.25) is 0 Å². The molecule has 25 heavy (non-hydrogen) atoms. The molecule has 0 aliphatic heterocycles. The van der Waals surface area contributed by atoms with Crippen LogP contribution in [-0.4, -0.2) is 33.7 Å². The smallest absolute Gasteiger partial charge is 0.262 e. The summed E-state index contributed by atoms with van der Waals surface area (Å²) in [5, 5.41) is 2.76. The summed E-state index contributed by atoms with van der Waals surface area (Å²) in [7, 11) is -3.32. The van der Waals surface area contributed by atoms with Crippen molar-refractivity contribution >= 4 is 27.3 Å². The zero-order valence-corrected chi connectivity index (χ0v) is 15.3. The van der Waals surface area contributed by atoms with Crippen LogP contribution in [0.3, 0.4) is 0 Å². The second kappa shape index (κ2) is 8.02. The number of anilines is 2. The van der Waals surface area contributed by atoms with Gasteiger partial charge in [-0.2, -0.15) is 0 Å². The number of sulfonamides is 1. The number of carbonyl (C=O) groups excluding carboxylic acids is 1. The summed E-state index contributed by atoms with van der Waals surface area (Å²) in [5.74, 6) is 0.230. The predicted molar refractivity (Wildman–Crippen MR) is 99.6 cm³/mol. The fourth-order valence-electron chi connectivity index (χ4n) is 2.39. The predicted octanol–water partition coefficient (Wildman–Crippen LogP) is 2.80. The van der Waals surface area contributed by atoms with Gasteiger partial charge in [-0.15, -0.1) is 0 Å². The Morgan fingerprint density at radius 1 is 1.16 bits per heavy atom. The quantitative estimate of drug-likeness (QED) is 0.822. The van der Waals surface area contributed by atoms with Gasteiger partial charge < -0.3 is 10.1 Å². The largest absolute Gasteiger partial charge is 0.484 e. The molecule has 0 radical (unpaired) electrons. The molecule has 0 aliphatic carbocycles. The normalized spacial score (nSPS) is 11.0. The molecule has 0 aliphatic rings. The Morgan fingerprint density at radius 2 is 1.84 bits per heavy atom. The number of carbonyl (C=O) groups is 1. The highest BCUT2D eigenvalue weighted by molar-refractivity contribution is 7.92. The summed E-state index contributed by atoms with van der Waals surface area (Å²) in [6, 6.07) is 14.1. The Kier molecular flexibility index (Phi) is 6.03. The van der Waals surface area contributed by atoms with E-state index in [4.69, 9.17) is 4.74 Å². The van der Waals surface area contributed by atoms with Crippen molar-refractivity contribution in [2.75, 3.05) is 29.0 Å². The molecule has 0 saturated carbocycles. The molecule has 0 aromatic heterocycles. The molecule has 0 spiro atoms. The second-order valence-electron chi connectivity index (χ2n) is 5.63. The molecule has 2 aromatic carbocycles. The minimum Gasteiger partial charge on any atom is -0.484 e. The minimum atomic E-state index is -3.32. The molecule has 2 aromatic rings. The number of rotatable bonds is 7. The molecule has 6 nitrogen and oxygen atoms in total. The van der Waals surface area contributed by atoms with E-state index in [9.17, 15) is 13.2 Å². The summed E-state index contributed by atoms with van der Waals surface area (Å²) < 4.78 is 30.1. The fourth-order valence-corrected chi connectivity index (χ4v) is 3.36. The fraction of sp³-hybridized carbons (Fsp3) is 0.278. The van der Waals surface area contributed by atoms with Crippen molar-refractivity contribution in [3.8, 4) is 5.75 Å². The van der Waals surface area contributed by atoms with Crippen molar-refractivity contribution in [2.24, 2.45) is 0 Å². The first-order valence-corrected chi connectivity index (χ1v) is 9.71. The molecular formula is C18H22N2O4S. The first kappa shape index (κ1) is 18.8. The number of benzene rings is 2. The van der Waals surface area contributed by atoms with E-state index in [0.717, 1.165) is 17.5 Å². The number of ether oxygens (including phenoxy) is 1. The first-order chi connectivity index (χ1) is 11.8. The highest BCUT2D eigenvalue weighted by Gasteiger charge is 2.15. The van der Waals surface area contributed by atoms with Gasteiger partial charge in [-0.05, 0) is 55.8 Å². The van der Waals surface area contributed by atoms with Gasteiger partial charge in [-0.3, -0.25) is 9.10 Å². The SMILES string of the molecule is CCN(c1ccc(OCC(=O)Nc2cccc(C)c2)cc1)S(C)(=O)=O. The standard InChI is InChI=1S/C18H22N2O4S/c1-4-20(25(3,22)23)16-8-10-17(11-9-16)24-13-18(21)19-15-7-5-6-14(2)12-15/h5-12H,4,13H2,1-3H3,(H,19,21). The lowest BCUT2D eigenvalue weighted by Crippen LogP contribution is -2.29. The summed E-state index contributed by atoms with van der Waals surface area (Å²) >= 11 is 0. The average Bonchev–Trinajstić information content (AvgIpc) is 2.53. The van der Waals surface area contributed by atoms with E-state index in [-0.39, 0.29) is 12.5 Å². The Morgan fingerprint density at radius 3 is 2.40 bits per heavy atom. The number of nitrogens with one attached hydrogen (secondary N) is 1. The summed E-state index contributed by atoms with van der Waals surface area (Å²) in [4.78, 5) is 11.9. The van der Waals surface area contributed by atoms with Gasteiger partial charge in [-0.1, -0.05) is 12.1 Å². The molecule has 0 unspecified atom stereocenters. The zero-order chi connectivity index (χ0) is 18.4. The van der Waals surface area contributed by atoms with Crippen molar-refractivity contribution in [2.45, 2.75) is 13.8 Å². The van der Waals surface area contributed by atoms with E-state index in [1.807, 2.05) is 31.2 Å². The van der Waals surface area contributed by atoms with Crippen LogP contribution in [0.1, 0.15) is 12.5 Å². The van der Waals surface area contributed by atoms with Crippen molar-refractivity contribution in [3.05, 3.63) is 54.1 Å². The lowest BCUT2D eigenvalue weighted by molar-refractivity contribution is -0.118. The molecule has 1 amide bonds. The van der Waals surface area contributed by atoms with Gasteiger partial charge in [0.25, 0.3) is 5.91 Å². The van der Waals surface area contributed by atoms with Gasteiger partial charge in [0, 0.05) is 12.2 Å². The second-order valence-corrected chi connectivity index (χ2v) is 7.53. The monoisotopic (exact) mass is 362 g/mol. The molecule has 0 saturated heterocycles. The maximum Gasteiger partial charge on any atom is 0.262 e. The summed E-state index contributed by atoms with van der Waals surface area (Å²) in [6.45, 7) is 3.93.